The molecule has 0 radical (unpaired) electrons. The van der Waals surface area contributed by atoms with Crippen molar-refractivity contribution < 1.29 is 9.53 Å². The first kappa shape index (κ1) is 20.6. The molecule has 0 saturated heterocycles. The molecule has 2 aromatic rings. The highest BCUT2D eigenvalue weighted by atomic mass is 32.1. The van der Waals surface area contributed by atoms with Crippen LogP contribution in [-0.2, 0) is 17.9 Å². The average Bonchev–Trinajstić information content (AvgIpc) is 3.43. The summed E-state index contributed by atoms with van der Waals surface area (Å²) in [7, 11) is 1.64. The van der Waals surface area contributed by atoms with E-state index in [4.69, 9.17) is 17.0 Å². The minimum Gasteiger partial charge on any atom is -0.497 e. The van der Waals surface area contributed by atoms with Gasteiger partial charge in [0.05, 0.1) is 20.2 Å². The summed E-state index contributed by atoms with van der Waals surface area (Å²) < 4.78 is 5.15. The molecule has 28 heavy (non-hydrogen) atoms. The number of benzene rings is 1. The molecular weight excluding hydrogens is 390 g/mol. The molecule has 0 spiro atoms. The predicted molar refractivity (Wildman–Crippen MR) is 118 cm³/mol. The number of amides is 1. The summed E-state index contributed by atoms with van der Waals surface area (Å²) >= 11 is 7.38. The number of hydrogen-bond donors (Lipinski definition) is 2. The molecule has 1 aromatic heterocycles. The lowest BCUT2D eigenvalue weighted by atomic mass is 10.2. The van der Waals surface area contributed by atoms with Crippen molar-refractivity contribution >= 4 is 34.6 Å². The van der Waals surface area contributed by atoms with Crippen LogP contribution in [0.4, 0.5) is 0 Å². The Hall–Kier alpha value is -2.12. The van der Waals surface area contributed by atoms with Crippen LogP contribution in [0.25, 0.3) is 0 Å². The van der Waals surface area contributed by atoms with E-state index in [9.17, 15) is 4.79 Å². The number of methoxy groups -OCH3 is 1. The summed E-state index contributed by atoms with van der Waals surface area (Å²) in [6.07, 6.45) is 4.82. The van der Waals surface area contributed by atoms with Gasteiger partial charge in [-0.15, -0.1) is 11.3 Å². The van der Waals surface area contributed by atoms with Gasteiger partial charge in [-0.3, -0.25) is 4.79 Å². The Labute approximate surface area is 176 Å². The zero-order valence-electron chi connectivity index (χ0n) is 16.1. The van der Waals surface area contributed by atoms with Gasteiger partial charge in [0.2, 0.25) is 5.91 Å². The van der Waals surface area contributed by atoms with Gasteiger partial charge >= 0.3 is 0 Å². The highest BCUT2D eigenvalue weighted by Gasteiger charge is 2.25. The first-order valence-corrected chi connectivity index (χ1v) is 10.9. The molecule has 1 saturated carbocycles. The predicted octanol–water partition coefficient (Wildman–Crippen LogP) is 3.69. The van der Waals surface area contributed by atoms with Crippen LogP contribution in [0, 0.1) is 0 Å². The van der Waals surface area contributed by atoms with E-state index in [1.807, 2.05) is 24.3 Å². The second-order valence-corrected chi connectivity index (χ2v) is 8.35. The Balaban J connectivity index is 1.47. The lowest BCUT2D eigenvalue weighted by Gasteiger charge is -2.31. The van der Waals surface area contributed by atoms with Crippen LogP contribution in [0.5, 0.6) is 5.75 Å². The number of carbonyl (C=O) groups is 1. The first-order valence-electron chi connectivity index (χ1n) is 9.62. The van der Waals surface area contributed by atoms with E-state index in [2.05, 4.69) is 33.0 Å². The summed E-state index contributed by atoms with van der Waals surface area (Å²) in [5.41, 5.74) is 1.03. The van der Waals surface area contributed by atoms with Crippen LogP contribution >= 0.6 is 23.6 Å². The summed E-state index contributed by atoms with van der Waals surface area (Å²) in [5.74, 6) is 0.737. The summed E-state index contributed by atoms with van der Waals surface area (Å²) in [4.78, 5) is 15.8. The summed E-state index contributed by atoms with van der Waals surface area (Å²) in [6, 6.07) is 12.3. The van der Waals surface area contributed by atoms with Crippen molar-refractivity contribution in [2.75, 3.05) is 13.7 Å². The van der Waals surface area contributed by atoms with Crippen molar-refractivity contribution in [2.24, 2.45) is 0 Å². The van der Waals surface area contributed by atoms with Crippen LogP contribution in [0.3, 0.4) is 0 Å². The van der Waals surface area contributed by atoms with Crippen molar-refractivity contribution in [3.05, 3.63) is 52.2 Å². The van der Waals surface area contributed by atoms with Crippen molar-refractivity contribution in [1.29, 1.82) is 0 Å². The molecule has 1 aliphatic carbocycles. The molecule has 0 aliphatic heterocycles. The summed E-state index contributed by atoms with van der Waals surface area (Å²) in [5, 5.41) is 8.84. The van der Waals surface area contributed by atoms with E-state index in [0.717, 1.165) is 30.7 Å². The Bertz CT molecular complexity index is 756. The molecule has 0 unspecified atom stereocenters. The van der Waals surface area contributed by atoms with Crippen LogP contribution in [0.2, 0.25) is 0 Å². The zero-order chi connectivity index (χ0) is 19.8. The Kier molecular flexibility index (Phi) is 7.68. The van der Waals surface area contributed by atoms with Crippen molar-refractivity contribution in [3.63, 3.8) is 0 Å². The minimum atomic E-state index is -0.0688. The minimum absolute atomic E-state index is 0.0688. The quantitative estimate of drug-likeness (QED) is 0.642. The van der Waals surface area contributed by atoms with Gasteiger partial charge in [-0.2, -0.15) is 0 Å². The average molecular weight is 418 g/mol. The number of hydrogen-bond acceptors (Lipinski definition) is 4. The third kappa shape index (κ3) is 5.94. The van der Waals surface area contributed by atoms with Crippen LogP contribution in [-0.4, -0.2) is 35.6 Å². The maximum atomic E-state index is 12.2. The van der Waals surface area contributed by atoms with E-state index in [1.165, 1.54) is 17.7 Å². The third-order valence-electron chi connectivity index (χ3n) is 4.98. The van der Waals surface area contributed by atoms with Gasteiger partial charge in [0.25, 0.3) is 0 Å². The standard InChI is InChI=1S/C21H27N3O2S2/c1-26-18-10-8-16(9-11-18)13-22-20(25)14-23-21(27)24(17-5-2-3-6-17)15-19-7-4-12-28-19/h4,7-12,17H,2-3,5-6,13-15H2,1H3,(H,22,25)(H,23,27). The SMILES string of the molecule is COc1ccc(CNC(=O)CNC(=S)N(Cc2cccs2)C2CCCC2)cc1. The van der Waals surface area contributed by atoms with Gasteiger partial charge in [0.15, 0.2) is 5.11 Å². The van der Waals surface area contributed by atoms with E-state index >= 15 is 0 Å². The van der Waals surface area contributed by atoms with Gasteiger partial charge in [-0.1, -0.05) is 31.0 Å². The molecule has 7 heteroatoms. The Morgan fingerprint density at radius 3 is 2.61 bits per heavy atom. The Morgan fingerprint density at radius 2 is 1.96 bits per heavy atom. The Morgan fingerprint density at radius 1 is 1.21 bits per heavy atom. The molecule has 1 aliphatic rings. The fourth-order valence-corrected chi connectivity index (χ4v) is 4.41. The van der Waals surface area contributed by atoms with Crippen LogP contribution in [0.1, 0.15) is 36.1 Å². The highest BCUT2D eigenvalue weighted by Crippen LogP contribution is 2.26. The molecule has 5 nitrogen and oxygen atoms in total. The molecule has 2 N–H and O–H groups in total. The van der Waals surface area contributed by atoms with Gasteiger partial charge < -0.3 is 20.3 Å². The molecule has 1 heterocycles. The lowest BCUT2D eigenvalue weighted by Crippen LogP contribution is -2.47. The topological polar surface area (TPSA) is 53.6 Å². The fraction of sp³-hybridized carbons (Fsp3) is 0.429. The number of nitrogens with zero attached hydrogens (tertiary/aromatic N) is 1. The van der Waals surface area contributed by atoms with Crippen LogP contribution < -0.4 is 15.4 Å². The molecule has 150 valence electrons. The van der Waals surface area contributed by atoms with E-state index in [1.54, 1.807) is 18.4 Å². The second kappa shape index (κ2) is 10.4. The maximum absolute atomic E-state index is 12.2. The largest absolute Gasteiger partial charge is 0.497 e. The maximum Gasteiger partial charge on any atom is 0.239 e. The molecule has 1 aromatic carbocycles. The molecule has 1 fully saturated rings. The first-order chi connectivity index (χ1) is 13.7. The zero-order valence-corrected chi connectivity index (χ0v) is 17.8. The number of nitrogens with one attached hydrogen (secondary N) is 2. The second-order valence-electron chi connectivity index (χ2n) is 6.93. The molecular formula is C21H27N3O2S2. The smallest absolute Gasteiger partial charge is 0.239 e. The number of thiocarbonyl (C=S) groups is 1. The van der Waals surface area contributed by atoms with E-state index in [-0.39, 0.29) is 12.5 Å². The van der Waals surface area contributed by atoms with Gasteiger partial charge in [0, 0.05) is 17.5 Å². The molecule has 3 rings (SSSR count). The number of thiophene rings is 1. The van der Waals surface area contributed by atoms with E-state index in [0.29, 0.717) is 17.7 Å². The van der Waals surface area contributed by atoms with Crippen molar-refractivity contribution in [2.45, 2.75) is 44.8 Å². The normalized spacial score (nSPS) is 13.9. The van der Waals surface area contributed by atoms with Crippen molar-refractivity contribution in [1.82, 2.24) is 15.5 Å². The molecule has 0 bridgehead atoms. The molecule has 0 atom stereocenters. The van der Waals surface area contributed by atoms with E-state index < -0.39 is 0 Å². The number of rotatable bonds is 8. The third-order valence-corrected chi connectivity index (χ3v) is 6.22. The highest BCUT2D eigenvalue weighted by molar-refractivity contribution is 7.80. The van der Waals surface area contributed by atoms with Crippen molar-refractivity contribution in [3.8, 4) is 5.75 Å². The summed E-state index contributed by atoms with van der Waals surface area (Å²) in [6.45, 7) is 1.48. The molecule has 1 amide bonds. The fourth-order valence-electron chi connectivity index (χ4n) is 3.42. The van der Waals surface area contributed by atoms with Gasteiger partial charge in [-0.05, 0) is 54.2 Å². The van der Waals surface area contributed by atoms with Crippen LogP contribution in [0.15, 0.2) is 41.8 Å². The number of carbonyl (C=O) groups excluding carboxylic acids is 1. The monoisotopic (exact) mass is 417 g/mol. The van der Waals surface area contributed by atoms with Gasteiger partial charge in [0.1, 0.15) is 5.75 Å². The number of ether oxygens (including phenoxy) is 1. The lowest BCUT2D eigenvalue weighted by molar-refractivity contribution is -0.120. The van der Waals surface area contributed by atoms with Gasteiger partial charge in [-0.25, -0.2) is 0 Å².